The highest BCUT2D eigenvalue weighted by Gasteiger charge is 2.30. The van der Waals surface area contributed by atoms with E-state index in [0.29, 0.717) is 88.4 Å². The van der Waals surface area contributed by atoms with Crippen LogP contribution in [-0.2, 0) is 33.2 Å². The predicted octanol–water partition coefficient (Wildman–Crippen LogP) is 6.13. The molecule has 4 atom stereocenters. The fourth-order valence-corrected chi connectivity index (χ4v) is 8.63. The Hall–Kier alpha value is -7.35. The SMILES string of the molecule is C=CC(=O)Cl.C=CC(=O)N[C@H]1COC[C@H]1Nc1ncc2cc(-c3c(C)c(OC)cc(OC)c3C)c(=O)n(C)c2n1.COc1cc(OC)c(C)c(-c2cc3cnc(N[C@@H]4COC[C@@H]4C)nc3n(C)c2=O)c1C. The van der Waals surface area contributed by atoms with Gasteiger partial charge in [-0.3, -0.25) is 28.3 Å². The van der Waals surface area contributed by atoms with Crippen LogP contribution in [0.2, 0.25) is 0 Å². The van der Waals surface area contributed by atoms with Gasteiger partial charge in [-0.15, -0.1) is 0 Å². The molecule has 2 saturated heterocycles. The van der Waals surface area contributed by atoms with E-state index in [9.17, 15) is 19.2 Å². The zero-order valence-electron chi connectivity index (χ0n) is 41.8. The van der Waals surface area contributed by atoms with Gasteiger partial charge in [0, 0.05) is 77.6 Å². The van der Waals surface area contributed by atoms with Crippen LogP contribution in [0, 0.1) is 33.6 Å². The smallest absolute Gasteiger partial charge is 0.259 e. The number of hydrogen-bond donors (Lipinski definition) is 3. The number of hydrogen-bond acceptors (Lipinski definition) is 16. The minimum absolute atomic E-state index is 0.142. The molecule has 20 heteroatoms. The Bertz CT molecular complexity index is 3080. The summed E-state index contributed by atoms with van der Waals surface area (Å²) >= 11 is 4.71. The molecule has 2 aliphatic heterocycles. The summed E-state index contributed by atoms with van der Waals surface area (Å²) in [7, 11) is 9.80. The van der Waals surface area contributed by atoms with Gasteiger partial charge in [0.15, 0.2) is 0 Å². The number of halogens is 1. The highest BCUT2D eigenvalue weighted by molar-refractivity contribution is 6.66. The van der Waals surface area contributed by atoms with E-state index < -0.39 is 5.24 Å². The van der Waals surface area contributed by atoms with Crippen LogP contribution < -0.4 is 46.0 Å². The first kappa shape index (κ1) is 53.0. The van der Waals surface area contributed by atoms with E-state index in [0.717, 1.165) is 51.4 Å². The summed E-state index contributed by atoms with van der Waals surface area (Å²) in [4.78, 5) is 66.1. The van der Waals surface area contributed by atoms with Crippen LogP contribution in [0.4, 0.5) is 11.9 Å². The first-order valence-electron chi connectivity index (χ1n) is 22.5. The summed E-state index contributed by atoms with van der Waals surface area (Å²) < 4.78 is 36.1. The summed E-state index contributed by atoms with van der Waals surface area (Å²) in [5, 5.41) is 10.3. The summed E-state index contributed by atoms with van der Waals surface area (Å²) in [5.41, 5.74) is 6.78. The number of nitrogens with zero attached hydrogens (tertiary/aromatic N) is 6. The lowest BCUT2D eigenvalue weighted by molar-refractivity contribution is -0.117. The number of ether oxygens (including phenoxy) is 6. The van der Waals surface area contributed by atoms with Gasteiger partial charge in [-0.1, -0.05) is 20.1 Å². The van der Waals surface area contributed by atoms with Crippen molar-refractivity contribution in [3.8, 4) is 45.3 Å². The average molecular weight is 995 g/mol. The standard InChI is InChI=1S/C25H29N5O5.C23H28N4O4.C3H3ClO/c1-7-21(31)27-17-11-35-12-18(17)28-25-26-10-15-8-16(24(32)30(4)23(15)29-25)22-13(2)19(33-5)9-20(34-6)14(22)3;1-12-10-31-11-17(12)25-23-24-9-15-7-16(22(28)27(4)21(15)26-23)20-13(2)18(29-5)8-19(30-6)14(20)3;1-2-3(4)5/h7-10,17-18H,1,11-12H2,2-6H3,(H,27,31)(H,26,28,29);7-9,12,17H,10-11H2,1-6H3,(H,24,25,26);2H,1H2/t17-,18+;12-,17+;/m00./s1. The lowest BCUT2D eigenvalue weighted by Gasteiger charge is -2.20. The third-order valence-corrected chi connectivity index (χ3v) is 12.7. The molecule has 2 aliphatic rings. The van der Waals surface area contributed by atoms with Crippen molar-refractivity contribution >= 4 is 56.7 Å². The van der Waals surface area contributed by atoms with Crippen molar-refractivity contribution in [3.63, 3.8) is 0 Å². The number of methoxy groups -OCH3 is 4. The van der Waals surface area contributed by atoms with E-state index in [2.05, 4.69) is 56.0 Å². The second kappa shape index (κ2) is 23.0. The number of aromatic nitrogens is 6. The van der Waals surface area contributed by atoms with Crippen LogP contribution in [0.5, 0.6) is 23.0 Å². The molecule has 1 amide bonds. The fourth-order valence-electron chi connectivity index (χ4n) is 8.63. The molecular formula is C51H60ClN9O10. The Kier molecular flexibility index (Phi) is 17.2. The molecule has 2 fully saturated rings. The number of anilines is 2. The highest BCUT2D eigenvalue weighted by atomic mass is 35.5. The highest BCUT2D eigenvalue weighted by Crippen LogP contribution is 2.40. The Labute approximate surface area is 416 Å². The van der Waals surface area contributed by atoms with Crippen molar-refractivity contribution in [1.29, 1.82) is 0 Å². The first-order chi connectivity index (χ1) is 33.9. The van der Waals surface area contributed by atoms with Crippen molar-refractivity contribution in [2.45, 2.75) is 52.7 Å². The van der Waals surface area contributed by atoms with Crippen molar-refractivity contribution in [1.82, 2.24) is 34.4 Å². The molecule has 4 aromatic heterocycles. The molecule has 71 heavy (non-hydrogen) atoms. The van der Waals surface area contributed by atoms with Crippen LogP contribution in [0.25, 0.3) is 44.3 Å². The fraction of sp³-hybridized carbons (Fsp3) is 0.373. The number of amides is 1. The van der Waals surface area contributed by atoms with Gasteiger partial charge >= 0.3 is 0 Å². The summed E-state index contributed by atoms with van der Waals surface area (Å²) in [6.07, 6.45) is 5.68. The van der Waals surface area contributed by atoms with Crippen LogP contribution >= 0.6 is 11.6 Å². The van der Waals surface area contributed by atoms with Gasteiger partial charge in [-0.25, -0.2) is 9.97 Å². The molecule has 0 bridgehead atoms. The van der Waals surface area contributed by atoms with E-state index in [1.165, 1.54) is 10.6 Å². The quantitative estimate of drug-likeness (QED) is 0.0876. The lowest BCUT2D eigenvalue weighted by atomic mass is 9.94. The average Bonchev–Trinajstić information content (AvgIpc) is 3.99. The predicted molar refractivity (Wildman–Crippen MR) is 274 cm³/mol. The number of carbonyl (C=O) groups excluding carboxylic acids is 2. The number of fused-ring (bicyclic) bond motifs is 2. The molecular weight excluding hydrogens is 934 g/mol. The molecule has 3 N–H and O–H groups in total. The maximum absolute atomic E-state index is 13.5. The molecule has 8 rings (SSSR count). The number of allylic oxidation sites excluding steroid dienone is 1. The second-order valence-corrected chi connectivity index (χ2v) is 17.4. The summed E-state index contributed by atoms with van der Waals surface area (Å²) in [6.45, 7) is 18.5. The van der Waals surface area contributed by atoms with Crippen molar-refractivity contribution in [2.75, 3.05) is 65.5 Å². The number of pyridine rings is 2. The van der Waals surface area contributed by atoms with Crippen LogP contribution in [0.1, 0.15) is 29.2 Å². The second-order valence-electron chi connectivity index (χ2n) is 17.0. The summed E-state index contributed by atoms with van der Waals surface area (Å²) in [5.74, 6) is 3.54. The van der Waals surface area contributed by atoms with Crippen molar-refractivity contribution < 1.29 is 38.0 Å². The van der Waals surface area contributed by atoms with Gasteiger partial charge in [-0.05, 0) is 85.8 Å². The number of aryl methyl sites for hydroxylation is 2. The molecule has 6 heterocycles. The lowest BCUT2D eigenvalue weighted by Crippen LogP contribution is -2.45. The minimum atomic E-state index is -0.509. The van der Waals surface area contributed by atoms with Crippen molar-refractivity contribution in [3.05, 3.63) is 105 Å². The summed E-state index contributed by atoms with van der Waals surface area (Å²) in [6, 6.07) is 6.98. The van der Waals surface area contributed by atoms with Crippen LogP contribution in [0.15, 0.2) is 71.6 Å². The van der Waals surface area contributed by atoms with E-state index >= 15 is 0 Å². The zero-order chi connectivity index (χ0) is 51.8. The molecule has 0 radical (unpaired) electrons. The van der Waals surface area contributed by atoms with Gasteiger partial charge in [0.25, 0.3) is 11.1 Å². The molecule has 0 unspecified atom stereocenters. The van der Waals surface area contributed by atoms with Crippen LogP contribution in [0.3, 0.4) is 0 Å². The maximum Gasteiger partial charge on any atom is 0.259 e. The molecule has 6 aromatic rings. The molecule has 0 saturated carbocycles. The topological polar surface area (TPSA) is 221 Å². The van der Waals surface area contributed by atoms with Crippen molar-refractivity contribution in [2.24, 2.45) is 20.0 Å². The first-order valence-corrected chi connectivity index (χ1v) is 22.9. The van der Waals surface area contributed by atoms with E-state index in [1.807, 2.05) is 45.9 Å². The van der Waals surface area contributed by atoms with Gasteiger partial charge in [0.2, 0.25) is 23.0 Å². The largest absolute Gasteiger partial charge is 0.496 e. The molecule has 0 aliphatic carbocycles. The Morgan fingerprint density at radius 1 is 0.648 bits per heavy atom. The molecule has 2 aromatic carbocycles. The van der Waals surface area contributed by atoms with Gasteiger partial charge < -0.3 is 44.4 Å². The number of nitrogens with one attached hydrogen (secondary N) is 3. The minimum Gasteiger partial charge on any atom is -0.496 e. The molecule has 19 nitrogen and oxygen atoms in total. The number of rotatable bonds is 13. The molecule has 0 spiro atoms. The van der Waals surface area contributed by atoms with E-state index in [4.69, 9.17) is 40.0 Å². The Balaban J connectivity index is 0.000000213. The number of benzene rings is 2. The van der Waals surface area contributed by atoms with E-state index in [1.54, 1.807) is 65.6 Å². The molecule has 376 valence electrons. The normalized spacial score (nSPS) is 17.0. The van der Waals surface area contributed by atoms with Gasteiger partial charge in [-0.2, -0.15) is 9.97 Å². The van der Waals surface area contributed by atoms with Gasteiger partial charge in [0.05, 0.1) is 73.0 Å². The monoisotopic (exact) mass is 993 g/mol. The van der Waals surface area contributed by atoms with E-state index in [-0.39, 0.29) is 35.2 Å². The Morgan fingerprint density at radius 2 is 1.03 bits per heavy atom. The van der Waals surface area contributed by atoms with Gasteiger partial charge in [0.1, 0.15) is 34.3 Å². The maximum atomic E-state index is 13.5. The number of carbonyl (C=O) groups is 2. The zero-order valence-corrected chi connectivity index (χ0v) is 42.6. The van der Waals surface area contributed by atoms with Crippen LogP contribution in [-0.4, -0.2) is 113 Å². The third kappa shape index (κ3) is 11.3. The Morgan fingerprint density at radius 3 is 1.39 bits per heavy atom. The third-order valence-electron chi connectivity index (χ3n) is 12.6.